The van der Waals surface area contributed by atoms with Gasteiger partial charge in [0, 0.05) is 23.1 Å². The molecule has 0 aromatic heterocycles. The fourth-order valence-corrected chi connectivity index (χ4v) is 0.634. The fourth-order valence-electron chi connectivity index (χ4n) is 0.508. The summed E-state index contributed by atoms with van der Waals surface area (Å²) in [5.74, 6) is -1.08. The molecule has 1 aromatic rings. The van der Waals surface area contributed by atoms with E-state index in [1.807, 2.05) is 0 Å². The molecule has 1 rings (SSSR count). The second-order valence-corrected chi connectivity index (χ2v) is 2.50. The Morgan fingerprint density at radius 3 is 2.15 bits per heavy atom. The summed E-state index contributed by atoms with van der Waals surface area (Å²) < 4.78 is 0. The minimum atomic E-state index is -1.08. The first-order chi connectivity index (χ1) is 6.06. The lowest BCUT2D eigenvalue weighted by Gasteiger charge is -1.78. The summed E-state index contributed by atoms with van der Waals surface area (Å²) in [6.45, 7) is 0.972. The average molecular weight is 199 g/mol. The second kappa shape index (κ2) is 5.98. The van der Waals surface area contributed by atoms with Gasteiger partial charge in [-0.25, -0.2) is 0 Å². The highest BCUT2D eigenvalue weighted by Gasteiger charge is 1.99. The van der Waals surface area contributed by atoms with Crippen molar-refractivity contribution < 1.29 is 9.90 Å². The number of aliphatic carboxylic acids is 1. The van der Waals surface area contributed by atoms with Crippen LogP contribution in [0, 0.1) is 5.39 Å². The predicted octanol–water partition coefficient (Wildman–Crippen LogP) is 1.58. The third-order valence-electron chi connectivity index (χ3n) is 0.942. The molecule has 13 heavy (non-hydrogen) atoms. The van der Waals surface area contributed by atoms with E-state index in [9.17, 15) is 0 Å². The number of diazo groups is 1. The molecule has 0 aliphatic heterocycles. The molecule has 0 spiro atoms. The SMILES string of the molecule is CC(=O)[O-].N#[N+]c1ccc(Cl)cc1. The second-order valence-electron chi connectivity index (χ2n) is 2.07. The van der Waals surface area contributed by atoms with Gasteiger partial charge in [0.25, 0.3) is 0 Å². The largest absolute Gasteiger partial charge is 0.550 e. The molecule has 1 aromatic carbocycles. The lowest BCUT2D eigenvalue weighted by molar-refractivity contribution is -0.302. The van der Waals surface area contributed by atoms with Gasteiger partial charge in [0.15, 0.2) is 4.98 Å². The molecule has 68 valence electrons. The summed E-state index contributed by atoms with van der Waals surface area (Å²) >= 11 is 5.55. The molecule has 5 heteroatoms. The van der Waals surface area contributed by atoms with Gasteiger partial charge in [-0.15, -0.1) is 0 Å². The highest BCUT2D eigenvalue weighted by atomic mass is 35.5. The third kappa shape index (κ3) is 6.78. The van der Waals surface area contributed by atoms with E-state index in [1.54, 1.807) is 24.3 Å². The molecule has 0 amide bonds. The minimum absolute atomic E-state index is 0.513. The van der Waals surface area contributed by atoms with Gasteiger partial charge in [0.2, 0.25) is 5.39 Å². The van der Waals surface area contributed by atoms with Crippen LogP contribution in [0.2, 0.25) is 5.02 Å². The Kier molecular flexibility index (Phi) is 5.24. The molecular formula is C8H7ClN2O2. The van der Waals surface area contributed by atoms with E-state index in [0.29, 0.717) is 10.7 Å². The minimum Gasteiger partial charge on any atom is -0.550 e. The van der Waals surface area contributed by atoms with Gasteiger partial charge in [0.05, 0.1) is 0 Å². The molecular weight excluding hydrogens is 192 g/mol. The Labute approximate surface area is 80.4 Å². The van der Waals surface area contributed by atoms with E-state index >= 15 is 0 Å². The molecule has 0 fully saturated rings. The fraction of sp³-hybridized carbons (Fsp3) is 0.125. The van der Waals surface area contributed by atoms with Crippen LogP contribution in [-0.2, 0) is 4.79 Å². The van der Waals surface area contributed by atoms with E-state index in [2.05, 4.69) is 4.98 Å². The summed E-state index contributed by atoms with van der Waals surface area (Å²) in [6.07, 6.45) is 0. The molecule has 0 saturated heterocycles. The standard InChI is InChI=1S/C6H4ClN2.C2H4O2/c7-5-1-3-6(9-8)4-2-5;1-2(3)4/h1-4H;1H3,(H,3,4)/q+1;/p-1. The molecule has 4 nitrogen and oxygen atoms in total. The first-order valence-corrected chi connectivity index (χ1v) is 3.72. The number of carbonyl (C=O) groups is 1. The van der Waals surface area contributed by atoms with Crippen LogP contribution in [0.3, 0.4) is 0 Å². The Hall–Kier alpha value is -1.60. The Morgan fingerprint density at radius 1 is 1.46 bits per heavy atom. The van der Waals surface area contributed by atoms with Crippen LogP contribution in [0.15, 0.2) is 24.3 Å². The Bertz CT molecular complexity index is 312. The molecule has 0 radical (unpaired) electrons. The molecule has 0 aliphatic carbocycles. The van der Waals surface area contributed by atoms with Gasteiger partial charge in [-0.1, -0.05) is 11.6 Å². The molecule has 0 atom stereocenters. The van der Waals surface area contributed by atoms with Crippen LogP contribution in [0.1, 0.15) is 6.92 Å². The summed E-state index contributed by atoms with van der Waals surface area (Å²) in [6, 6.07) is 6.58. The van der Waals surface area contributed by atoms with Crippen molar-refractivity contribution in [1.82, 2.24) is 0 Å². The van der Waals surface area contributed by atoms with Gasteiger partial charge in [-0.05, 0) is 19.1 Å². The average Bonchev–Trinajstić information content (AvgIpc) is 2.05. The van der Waals surface area contributed by atoms with Crippen molar-refractivity contribution in [2.45, 2.75) is 6.92 Å². The summed E-state index contributed by atoms with van der Waals surface area (Å²) in [5.41, 5.74) is 0.513. The van der Waals surface area contributed by atoms with Crippen LogP contribution in [0.4, 0.5) is 5.69 Å². The summed E-state index contributed by atoms with van der Waals surface area (Å²) in [4.78, 5) is 11.8. The van der Waals surface area contributed by atoms with E-state index in [-0.39, 0.29) is 0 Å². The smallest absolute Gasteiger partial charge is 0.385 e. The molecule has 0 saturated carbocycles. The topological polar surface area (TPSA) is 68.3 Å². The van der Waals surface area contributed by atoms with E-state index in [4.69, 9.17) is 26.9 Å². The summed E-state index contributed by atoms with van der Waals surface area (Å²) in [7, 11) is 0. The van der Waals surface area contributed by atoms with Gasteiger partial charge >= 0.3 is 5.69 Å². The Balaban J connectivity index is 0.000000310. The van der Waals surface area contributed by atoms with Crippen molar-refractivity contribution in [2.75, 3.05) is 0 Å². The molecule has 0 bridgehead atoms. The zero-order valence-corrected chi connectivity index (χ0v) is 7.65. The van der Waals surface area contributed by atoms with Gasteiger partial charge < -0.3 is 9.90 Å². The first-order valence-electron chi connectivity index (χ1n) is 3.34. The number of hydrogen-bond donors (Lipinski definition) is 0. The number of carbonyl (C=O) groups excluding carboxylic acids is 1. The van der Waals surface area contributed by atoms with Crippen molar-refractivity contribution in [3.63, 3.8) is 0 Å². The number of hydrogen-bond acceptors (Lipinski definition) is 3. The van der Waals surface area contributed by atoms with Crippen molar-refractivity contribution in [3.8, 4) is 0 Å². The highest BCUT2D eigenvalue weighted by molar-refractivity contribution is 6.30. The predicted molar refractivity (Wildman–Crippen MR) is 46.9 cm³/mol. The van der Waals surface area contributed by atoms with Crippen LogP contribution in [0.25, 0.3) is 4.98 Å². The zero-order chi connectivity index (χ0) is 10.3. The molecule has 0 aliphatic rings. The van der Waals surface area contributed by atoms with E-state index in [0.717, 1.165) is 6.92 Å². The number of carboxylic acid groups (broad SMARTS) is 1. The molecule has 0 N–H and O–H groups in total. The highest BCUT2D eigenvalue weighted by Crippen LogP contribution is 2.15. The van der Waals surface area contributed by atoms with E-state index < -0.39 is 5.97 Å². The van der Waals surface area contributed by atoms with Gasteiger partial charge in [-0.3, -0.25) is 0 Å². The van der Waals surface area contributed by atoms with Gasteiger partial charge in [-0.2, -0.15) is 0 Å². The lowest BCUT2D eigenvalue weighted by atomic mass is 10.3. The maximum Gasteiger partial charge on any atom is 0.385 e. The number of halogens is 1. The summed E-state index contributed by atoms with van der Waals surface area (Å²) in [5, 5.41) is 17.7. The quantitative estimate of drug-likeness (QED) is 0.595. The third-order valence-corrected chi connectivity index (χ3v) is 1.19. The number of carboxylic acids is 1. The van der Waals surface area contributed by atoms with Crippen molar-refractivity contribution in [2.24, 2.45) is 0 Å². The normalized spacial score (nSPS) is 7.77. The zero-order valence-electron chi connectivity index (χ0n) is 6.90. The number of benzene rings is 1. The first kappa shape index (κ1) is 11.4. The molecule has 0 unspecified atom stereocenters. The monoisotopic (exact) mass is 198 g/mol. The maximum atomic E-state index is 8.89. The Morgan fingerprint density at radius 2 is 1.85 bits per heavy atom. The van der Waals surface area contributed by atoms with Crippen molar-refractivity contribution >= 4 is 23.3 Å². The van der Waals surface area contributed by atoms with E-state index in [1.165, 1.54) is 0 Å². The van der Waals surface area contributed by atoms with Crippen molar-refractivity contribution in [1.29, 1.82) is 5.39 Å². The van der Waals surface area contributed by atoms with Crippen molar-refractivity contribution in [3.05, 3.63) is 34.3 Å². The molecule has 0 heterocycles. The van der Waals surface area contributed by atoms with Gasteiger partial charge in [0.1, 0.15) is 0 Å². The number of rotatable bonds is 0. The van der Waals surface area contributed by atoms with Crippen LogP contribution < -0.4 is 5.11 Å². The van der Waals surface area contributed by atoms with Crippen LogP contribution >= 0.6 is 11.6 Å². The van der Waals surface area contributed by atoms with Crippen LogP contribution in [-0.4, -0.2) is 5.97 Å². The number of nitrogens with zero attached hydrogens (tertiary/aromatic N) is 2. The van der Waals surface area contributed by atoms with Crippen LogP contribution in [0.5, 0.6) is 0 Å². The maximum absolute atomic E-state index is 8.89. The lowest BCUT2D eigenvalue weighted by Crippen LogP contribution is -2.16.